The molecule has 19 heavy (non-hydrogen) atoms. The van der Waals surface area contributed by atoms with Crippen LogP contribution in [-0.2, 0) is 6.42 Å². The van der Waals surface area contributed by atoms with E-state index >= 15 is 0 Å². The second-order valence-electron chi connectivity index (χ2n) is 5.62. The summed E-state index contributed by atoms with van der Waals surface area (Å²) in [6.45, 7) is 3.07. The second-order valence-corrected chi connectivity index (χ2v) is 5.62. The monoisotopic (exact) mass is 261 g/mol. The van der Waals surface area contributed by atoms with E-state index in [-0.39, 0.29) is 6.04 Å². The van der Waals surface area contributed by atoms with Crippen molar-refractivity contribution in [1.29, 1.82) is 0 Å². The van der Waals surface area contributed by atoms with Gasteiger partial charge in [-0.15, -0.1) is 0 Å². The number of hydrogen-bond acceptors (Lipinski definition) is 2. The number of hydrogen-bond donors (Lipinski definition) is 1. The third kappa shape index (κ3) is 4.24. The van der Waals surface area contributed by atoms with E-state index in [0.717, 1.165) is 25.2 Å². The van der Waals surface area contributed by atoms with E-state index in [2.05, 4.69) is 25.1 Å². The Morgan fingerprint density at radius 1 is 1.21 bits per heavy atom. The Hall–Kier alpha value is -1.02. The van der Waals surface area contributed by atoms with Gasteiger partial charge in [-0.1, -0.05) is 38.7 Å². The van der Waals surface area contributed by atoms with Crippen LogP contribution in [0.25, 0.3) is 0 Å². The normalized spacial score (nSPS) is 18.1. The lowest BCUT2D eigenvalue weighted by atomic mass is 9.88. The highest BCUT2D eigenvalue weighted by molar-refractivity contribution is 5.39. The second kappa shape index (κ2) is 7.54. The average molecular weight is 261 g/mol. The van der Waals surface area contributed by atoms with E-state index in [1.54, 1.807) is 0 Å². The largest absolute Gasteiger partial charge is 0.494 e. The molecule has 0 saturated heterocycles. The maximum Gasteiger partial charge on any atom is 0.119 e. The molecule has 1 aliphatic carbocycles. The van der Waals surface area contributed by atoms with Gasteiger partial charge < -0.3 is 10.5 Å². The fraction of sp³-hybridized carbons (Fsp3) is 0.647. The molecule has 0 bridgehead atoms. The van der Waals surface area contributed by atoms with Crippen molar-refractivity contribution in [3.63, 3.8) is 0 Å². The van der Waals surface area contributed by atoms with E-state index in [9.17, 15) is 0 Å². The van der Waals surface area contributed by atoms with Crippen molar-refractivity contribution in [2.75, 3.05) is 6.61 Å². The van der Waals surface area contributed by atoms with E-state index in [4.69, 9.17) is 10.5 Å². The maximum atomic E-state index is 6.17. The van der Waals surface area contributed by atoms with Crippen molar-refractivity contribution < 1.29 is 4.74 Å². The van der Waals surface area contributed by atoms with Crippen LogP contribution >= 0.6 is 0 Å². The van der Waals surface area contributed by atoms with Crippen LogP contribution in [-0.4, -0.2) is 6.61 Å². The molecule has 2 N–H and O–H groups in total. The molecule has 0 heterocycles. The summed E-state index contributed by atoms with van der Waals surface area (Å²) in [4.78, 5) is 0. The molecule has 0 aliphatic heterocycles. The molecule has 0 fully saturated rings. The number of rotatable bonds is 7. The maximum absolute atomic E-state index is 6.17. The number of benzene rings is 1. The van der Waals surface area contributed by atoms with Gasteiger partial charge in [0.1, 0.15) is 5.75 Å². The molecule has 0 saturated carbocycles. The predicted molar refractivity (Wildman–Crippen MR) is 80.6 cm³/mol. The van der Waals surface area contributed by atoms with Gasteiger partial charge in [0.25, 0.3) is 0 Å². The quantitative estimate of drug-likeness (QED) is 0.740. The van der Waals surface area contributed by atoms with Gasteiger partial charge in [0.2, 0.25) is 0 Å². The summed E-state index contributed by atoms with van der Waals surface area (Å²) < 4.78 is 5.85. The van der Waals surface area contributed by atoms with Gasteiger partial charge in [-0.3, -0.25) is 0 Å². The lowest BCUT2D eigenvalue weighted by molar-refractivity contribution is 0.303. The Labute approximate surface area is 117 Å². The van der Waals surface area contributed by atoms with Crippen molar-refractivity contribution in [2.24, 2.45) is 5.73 Å². The Kier molecular flexibility index (Phi) is 5.71. The minimum Gasteiger partial charge on any atom is -0.494 e. The number of fused-ring (bicyclic) bond motifs is 1. The highest BCUT2D eigenvalue weighted by Crippen LogP contribution is 2.30. The molecule has 1 aromatic carbocycles. The van der Waals surface area contributed by atoms with Crippen LogP contribution in [0, 0.1) is 0 Å². The minimum absolute atomic E-state index is 0.205. The molecule has 1 atom stereocenters. The lowest BCUT2D eigenvalue weighted by Crippen LogP contribution is -2.17. The Bertz CT molecular complexity index is 389. The molecule has 1 aromatic rings. The van der Waals surface area contributed by atoms with Crippen LogP contribution < -0.4 is 10.5 Å². The molecule has 0 unspecified atom stereocenters. The first kappa shape index (κ1) is 14.4. The number of nitrogens with two attached hydrogens (primary N) is 1. The Morgan fingerprint density at radius 3 is 2.89 bits per heavy atom. The van der Waals surface area contributed by atoms with E-state index in [1.165, 1.54) is 49.7 Å². The standard InChI is InChI=1S/C17H27NO/c1-2-3-4-5-6-12-19-15-11-10-14-8-7-9-17(18)16(14)13-15/h10-11,13,17H,2-9,12,18H2,1H3/t17-/m0/s1. The fourth-order valence-electron chi connectivity index (χ4n) is 2.80. The number of unbranched alkanes of at least 4 members (excludes halogenated alkanes) is 4. The van der Waals surface area contributed by atoms with Gasteiger partial charge in [0, 0.05) is 6.04 Å². The highest BCUT2D eigenvalue weighted by atomic mass is 16.5. The first-order valence-corrected chi connectivity index (χ1v) is 7.82. The molecule has 0 aromatic heterocycles. The van der Waals surface area contributed by atoms with Gasteiger partial charge in [0.15, 0.2) is 0 Å². The molecule has 2 heteroatoms. The van der Waals surface area contributed by atoms with Crippen LogP contribution in [0.3, 0.4) is 0 Å². The molecule has 0 amide bonds. The molecule has 1 aliphatic rings. The Balaban J connectivity index is 1.79. The summed E-state index contributed by atoms with van der Waals surface area (Å²) in [5.41, 5.74) is 8.88. The average Bonchev–Trinajstić information content (AvgIpc) is 2.43. The van der Waals surface area contributed by atoms with E-state index in [1.807, 2.05) is 0 Å². The summed E-state index contributed by atoms with van der Waals surface area (Å²) in [6, 6.07) is 6.66. The summed E-state index contributed by atoms with van der Waals surface area (Å²) in [5, 5.41) is 0. The van der Waals surface area contributed by atoms with Gasteiger partial charge in [-0.25, -0.2) is 0 Å². The zero-order valence-electron chi connectivity index (χ0n) is 12.2. The van der Waals surface area contributed by atoms with Crippen LogP contribution in [0.1, 0.15) is 69.0 Å². The van der Waals surface area contributed by atoms with Crippen molar-refractivity contribution >= 4 is 0 Å². The zero-order chi connectivity index (χ0) is 13.5. The third-order valence-corrected chi connectivity index (χ3v) is 3.99. The first-order valence-electron chi connectivity index (χ1n) is 7.82. The van der Waals surface area contributed by atoms with Gasteiger partial charge in [-0.2, -0.15) is 0 Å². The summed E-state index contributed by atoms with van der Waals surface area (Å²) >= 11 is 0. The van der Waals surface area contributed by atoms with Crippen molar-refractivity contribution in [3.05, 3.63) is 29.3 Å². The van der Waals surface area contributed by atoms with Crippen molar-refractivity contribution in [1.82, 2.24) is 0 Å². The lowest BCUT2D eigenvalue weighted by Gasteiger charge is -2.22. The van der Waals surface area contributed by atoms with E-state index in [0.29, 0.717) is 0 Å². The predicted octanol–water partition coefficient (Wildman–Crippen LogP) is 4.37. The molecular formula is C17H27NO. The smallest absolute Gasteiger partial charge is 0.119 e. The molecule has 106 valence electrons. The first-order chi connectivity index (χ1) is 9.31. The summed E-state index contributed by atoms with van der Waals surface area (Å²) in [7, 11) is 0. The summed E-state index contributed by atoms with van der Waals surface area (Å²) in [5.74, 6) is 0.992. The SMILES string of the molecule is CCCCCCCOc1ccc2c(c1)[C@@H](N)CCC2. The van der Waals surface area contributed by atoms with Gasteiger partial charge in [0.05, 0.1) is 6.61 Å². The molecule has 2 rings (SSSR count). The van der Waals surface area contributed by atoms with Crippen LogP contribution in [0.5, 0.6) is 5.75 Å². The van der Waals surface area contributed by atoms with Gasteiger partial charge in [-0.05, 0) is 48.9 Å². The zero-order valence-corrected chi connectivity index (χ0v) is 12.2. The molecule has 2 nitrogen and oxygen atoms in total. The molecule has 0 radical (unpaired) electrons. The number of aryl methyl sites for hydroxylation is 1. The van der Waals surface area contributed by atoms with Crippen LogP contribution in [0.15, 0.2) is 18.2 Å². The topological polar surface area (TPSA) is 35.2 Å². The minimum atomic E-state index is 0.205. The van der Waals surface area contributed by atoms with Gasteiger partial charge >= 0.3 is 0 Å². The van der Waals surface area contributed by atoms with Crippen molar-refractivity contribution in [2.45, 2.75) is 64.3 Å². The van der Waals surface area contributed by atoms with E-state index < -0.39 is 0 Å². The highest BCUT2D eigenvalue weighted by Gasteiger charge is 2.17. The third-order valence-electron chi connectivity index (χ3n) is 3.99. The van der Waals surface area contributed by atoms with Crippen LogP contribution in [0.4, 0.5) is 0 Å². The molecule has 0 spiro atoms. The van der Waals surface area contributed by atoms with Crippen molar-refractivity contribution in [3.8, 4) is 5.75 Å². The summed E-state index contributed by atoms with van der Waals surface area (Å²) in [6.07, 6.45) is 9.88. The molecular weight excluding hydrogens is 234 g/mol. The Morgan fingerprint density at radius 2 is 2.05 bits per heavy atom. The number of ether oxygens (including phenoxy) is 1. The fourth-order valence-corrected chi connectivity index (χ4v) is 2.80. The van der Waals surface area contributed by atoms with Crippen LogP contribution in [0.2, 0.25) is 0 Å².